The molecule has 1 saturated carbocycles. The van der Waals surface area contributed by atoms with Crippen LogP contribution < -0.4 is 0 Å². The van der Waals surface area contributed by atoms with Gasteiger partial charge in [-0.1, -0.05) is 30.3 Å². The van der Waals surface area contributed by atoms with Crippen LogP contribution in [0.5, 0.6) is 0 Å². The van der Waals surface area contributed by atoms with Crippen molar-refractivity contribution in [3.63, 3.8) is 0 Å². The lowest BCUT2D eigenvalue weighted by Gasteiger charge is -2.06. The quantitative estimate of drug-likeness (QED) is 0.792. The fourth-order valence-electron chi connectivity index (χ4n) is 3.52. The third-order valence-electron chi connectivity index (χ3n) is 4.57. The van der Waals surface area contributed by atoms with Crippen LogP contribution in [-0.2, 0) is 13.0 Å². The van der Waals surface area contributed by atoms with Gasteiger partial charge in [0.25, 0.3) is 0 Å². The van der Waals surface area contributed by atoms with E-state index in [9.17, 15) is 0 Å². The van der Waals surface area contributed by atoms with E-state index in [0.717, 1.165) is 24.6 Å². The van der Waals surface area contributed by atoms with Gasteiger partial charge in [-0.3, -0.25) is 4.68 Å². The molecular formula is C15H14N6. The maximum Gasteiger partial charge on any atom is 0.225 e. The Bertz CT molecular complexity index is 789. The van der Waals surface area contributed by atoms with Crippen LogP contribution in [0, 0.1) is 5.92 Å². The van der Waals surface area contributed by atoms with E-state index in [0.29, 0.717) is 11.7 Å². The van der Waals surface area contributed by atoms with Crippen molar-refractivity contribution >= 4 is 0 Å². The normalized spacial score (nSPS) is 22.1. The van der Waals surface area contributed by atoms with Crippen molar-refractivity contribution in [2.45, 2.75) is 25.3 Å². The summed E-state index contributed by atoms with van der Waals surface area (Å²) in [6, 6.07) is 10.5. The Kier molecular flexibility index (Phi) is 2.13. The van der Waals surface area contributed by atoms with E-state index < -0.39 is 0 Å². The molecule has 1 N–H and O–H groups in total. The number of aromatic amines is 1. The second-order valence-corrected chi connectivity index (χ2v) is 5.90. The van der Waals surface area contributed by atoms with Crippen molar-refractivity contribution in [1.82, 2.24) is 30.4 Å². The molecule has 0 spiro atoms. The van der Waals surface area contributed by atoms with Crippen molar-refractivity contribution in [3.05, 3.63) is 47.2 Å². The topological polar surface area (TPSA) is 72.3 Å². The monoisotopic (exact) mass is 278 g/mol. The molecule has 0 saturated heterocycles. The first-order valence-corrected chi connectivity index (χ1v) is 7.27. The maximum atomic E-state index is 4.78. The maximum absolute atomic E-state index is 4.78. The minimum Gasteiger partial charge on any atom is -0.264 e. The lowest BCUT2D eigenvalue weighted by atomic mass is 10.1. The first kappa shape index (κ1) is 11.2. The number of benzene rings is 1. The second-order valence-electron chi connectivity index (χ2n) is 5.90. The Morgan fingerprint density at radius 2 is 2.14 bits per heavy atom. The predicted octanol–water partition coefficient (Wildman–Crippen LogP) is 1.77. The summed E-state index contributed by atoms with van der Waals surface area (Å²) in [6.45, 7) is 0.810. The number of hydrogen-bond acceptors (Lipinski definition) is 4. The first-order valence-electron chi connectivity index (χ1n) is 7.27. The zero-order chi connectivity index (χ0) is 13.8. The Labute approximate surface area is 121 Å². The summed E-state index contributed by atoms with van der Waals surface area (Å²) < 4.78 is 2.15. The molecule has 21 heavy (non-hydrogen) atoms. The van der Waals surface area contributed by atoms with Crippen LogP contribution in [0.3, 0.4) is 0 Å². The number of nitrogens with zero attached hydrogens (tertiary/aromatic N) is 5. The van der Waals surface area contributed by atoms with Crippen molar-refractivity contribution < 1.29 is 0 Å². The Morgan fingerprint density at radius 1 is 1.24 bits per heavy atom. The third-order valence-corrected chi connectivity index (χ3v) is 4.57. The molecule has 6 nitrogen and oxygen atoms in total. The molecule has 2 heterocycles. The molecule has 104 valence electrons. The largest absolute Gasteiger partial charge is 0.264 e. The van der Waals surface area contributed by atoms with Crippen LogP contribution >= 0.6 is 0 Å². The summed E-state index contributed by atoms with van der Waals surface area (Å²) in [5.41, 5.74) is 4.89. The lowest BCUT2D eigenvalue weighted by molar-refractivity contribution is 0.645. The van der Waals surface area contributed by atoms with Gasteiger partial charge >= 0.3 is 0 Å². The van der Waals surface area contributed by atoms with Gasteiger partial charge in [-0.05, 0) is 29.5 Å². The summed E-state index contributed by atoms with van der Waals surface area (Å²) in [5.74, 6) is 2.11. The fourth-order valence-corrected chi connectivity index (χ4v) is 3.52. The van der Waals surface area contributed by atoms with Crippen molar-refractivity contribution in [2.75, 3.05) is 0 Å². The zero-order valence-electron chi connectivity index (χ0n) is 11.4. The van der Waals surface area contributed by atoms with E-state index in [1.165, 1.54) is 23.2 Å². The molecule has 0 aliphatic heterocycles. The molecule has 1 fully saturated rings. The van der Waals surface area contributed by atoms with Gasteiger partial charge in [-0.25, -0.2) is 0 Å². The first-order chi connectivity index (χ1) is 10.4. The highest BCUT2D eigenvalue weighted by molar-refractivity contribution is 5.59. The summed E-state index contributed by atoms with van der Waals surface area (Å²) in [6.07, 6.45) is 2.41. The smallest absolute Gasteiger partial charge is 0.225 e. The molecule has 0 radical (unpaired) electrons. The minimum absolute atomic E-state index is 0.611. The second kappa shape index (κ2) is 4.00. The molecule has 5 rings (SSSR count). The highest BCUT2D eigenvalue weighted by atomic mass is 15.5. The standard InChI is InChI=1S/C15H14N6/c1-2-4-9(5-3-1)8-21-14-11-6-10(11)7-12(14)13(18-21)15-16-19-20-17-15/h1-5,10-11H,6-8H2,(H,16,17,19,20)/t10?,11-/m1/s1. The van der Waals surface area contributed by atoms with Gasteiger partial charge in [0.1, 0.15) is 5.69 Å². The highest BCUT2D eigenvalue weighted by Gasteiger charge is 2.49. The zero-order valence-corrected chi connectivity index (χ0v) is 11.4. The Morgan fingerprint density at radius 3 is 2.95 bits per heavy atom. The van der Waals surface area contributed by atoms with Gasteiger partial charge in [-0.15, -0.1) is 10.2 Å². The number of fused-ring (bicyclic) bond motifs is 3. The predicted molar refractivity (Wildman–Crippen MR) is 75.5 cm³/mol. The van der Waals surface area contributed by atoms with Gasteiger partial charge in [0.2, 0.25) is 5.82 Å². The number of H-pyrrole nitrogens is 1. The van der Waals surface area contributed by atoms with Crippen molar-refractivity contribution in [2.24, 2.45) is 5.92 Å². The van der Waals surface area contributed by atoms with E-state index in [2.05, 4.69) is 49.6 Å². The van der Waals surface area contributed by atoms with Crippen LogP contribution in [0.15, 0.2) is 30.3 Å². The lowest BCUT2D eigenvalue weighted by Crippen LogP contribution is -2.05. The average Bonchev–Trinajstić information content (AvgIpc) is 2.92. The van der Waals surface area contributed by atoms with E-state index >= 15 is 0 Å². The van der Waals surface area contributed by atoms with Crippen molar-refractivity contribution in [3.8, 4) is 11.5 Å². The molecule has 3 aromatic rings. The number of nitrogens with one attached hydrogen (secondary N) is 1. The fraction of sp³-hybridized carbons (Fsp3) is 0.333. The van der Waals surface area contributed by atoms with Gasteiger partial charge in [0, 0.05) is 17.2 Å². The molecule has 2 aromatic heterocycles. The minimum atomic E-state index is 0.611. The molecule has 6 heteroatoms. The van der Waals surface area contributed by atoms with Crippen molar-refractivity contribution in [1.29, 1.82) is 0 Å². The Balaban J connectivity index is 1.61. The summed E-state index contributed by atoms with van der Waals surface area (Å²) in [5, 5.41) is 19.2. The van der Waals surface area contributed by atoms with Crippen LogP contribution in [0.25, 0.3) is 11.5 Å². The number of hydrogen-bond donors (Lipinski definition) is 1. The molecule has 2 atom stereocenters. The average molecular weight is 278 g/mol. The van der Waals surface area contributed by atoms with Gasteiger partial charge in [0.05, 0.1) is 6.54 Å². The SMILES string of the molecule is c1ccc(Cn2nc(-c3nn[nH]n3)c3c2[C@@H]2CC2C3)cc1. The molecule has 0 bridgehead atoms. The molecule has 1 aromatic carbocycles. The number of rotatable bonds is 3. The van der Waals surface area contributed by atoms with Crippen LogP contribution in [-0.4, -0.2) is 30.4 Å². The van der Waals surface area contributed by atoms with Gasteiger partial charge in [0.15, 0.2) is 0 Å². The van der Waals surface area contributed by atoms with Crippen LogP contribution in [0.1, 0.15) is 29.2 Å². The van der Waals surface area contributed by atoms with Gasteiger partial charge < -0.3 is 0 Å². The highest BCUT2D eigenvalue weighted by Crippen LogP contribution is 2.57. The molecular weight excluding hydrogens is 264 g/mol. The molecule has 0 amide bonds. The molecule has 2 aliphatic rings. The summed E-state index contributed by atoms with van der Waals surface area (Å²) >= 11 is 0. The van der Waals surface area contributed by atoms with Gasteiger partial charge in [-0.2, -0.15) is 10.3 Å². The summed E-state index contributed by atoms with van der Waals surface area (Å²) in [4.78, 5) is 0. The van der Waals surface area contributed by atoms with Crippen LogP contribution in [0.4, 0.5) is 0 Å². The Hall–Kier alpha value is -2.50. The van der Waals surface area contributed by atoms with E-state index in [1.54, 1.807) is 0 Å². The molecule has 1 unspecified atom stereocenters. The van der Waals surface area contributed by atoms with E-state index in [4.69, 9.17) is 5.10 Å². The third kappa shape index (κ3) is 1.65. The van der Waals surface area contributed by atoms with E-state index in [1.807, 2.05) is 6.07 Å². The number of tetrazole rings is 1. The molecule has 2 aliphatic carbocycles. The van der Waals surface area contributed by atoms with Crippen LogP contribution in [0.2, 0.25) is 0 Å². The summed E-state index contributed by atoms with van der Waals surface area (Å²) in [7, 11) is 0. The van der Waals surface area contributed by atoms with E-state index in [-0.39, 0.29) is 0 Å². The number of aromatic nitrogens is 6.